The van der Waals surface area contributed by atoms with Gasteiger partial charge in [0, 0.05) is 24.2 Å². The Bertz CT molecular complexity index is 752. The number of nitrogens with zero attached hydrogens (tertiary/aromatic N) is 2. The Kier molecular flexibility index (Phi) is 2.65. The smallest absolute Gasteiger partial charge is 0.399 e. The third kappa shape index (κ3) is 2.18. The van der Waals surface area contributed by atoms with Gasteiger partial charge in [-0.25, -0.2) is 0 Å². The van der Waals surface area contributed by atoms with Crippen LogP contribution in [0.5, 0.6) is 0 Å². The molecule has 3 rings (SSSR count). The zero-order chi connectivity index (χ0) is 17.2. The summed E-state index contributed by atoms with van der Waals surface area (Å²) in [6.45, 7) is 5.46. The highest BCUT2D eigenvalue weighted by molar-refractivity contribution is 6.65. The number of benzene rings is 1. The zero-order valence-corrected chi connectivity index (χ0v) is 13.0. The molecule has 112 valence electrons. The summed E-state index contributed by atoms with van der Waals surface area (Å²) in [5, 5.41) is 14.7. The predicted molar refractivity (Wildman–Crippen MR) is 82.4 cm³/mol. The molecule has 0 aliphatic carbocycles. The van der Waals surface area contributed by atoms with E-state index in [1.54, 1.807) is 24.0 Å². The summed E-state index contributed by atoms with van der Waals surface area (Å²) in [6, 6.07) is 3.27. The minimum atomic E-state index is -2.46. The standard InChI is InChI=1S/C15H21BN2O3/c1-14(2)15(3,4)21-16(20-14)12-7-6-10(9-19)13-11(12)8-18(5)17-13/h6-8,19H,9H2,1-5H3/i9D2. The maximum Gasteiger partial charge on any atom is 0.495 e. The van der Waals surface area contributed by atoms with Crippen molar-refractivity contribution in [3.8, 4) is 0 Å². The second-order valence-electron chi connectivity index (χ2n) is 6.47. The average Bonchev–Trinajstić information content (AvgIpc) is 2.83. The van der Waals surface area contributed by atoms with Crippen LogP contribution in [-0.2, 0) is 22.9 Å². The fourth-order valence-electron chi connectivity index (χ4n) is 2.51. The number of aliphatic hydroxyl groups is 1. The van der Waals surface area contributed by atoms with Crippen LogP contribution in [0.3, 0.4) is 0 Å². The lowest BCUT2D eigenvalue weighted by molar-refractivity contribution is 0.00578. The van der Waals surface area contributed by atoms with Gasteiger partial charge in [-0.15, -0.1) is 0 Å². The van der Waals surface area contributed by atoms with Gasteiger partial charge >= 0.3 is 7.12 Å². The van der Waals surface area contributed by atoms with Gasteiger partial charge in [-0.05, 0) is 33.2 Å². The Morgan fingerprint density at radius 2 is 1.90 bits per heavy atom. The minimum absolute atomic E-state index is 0.133. The van der Waals surface area contributed by atoms with Crippen molar-refractivity contribution in [2.75, 3.05) is 0 Å². The van der Waals surface area contributed by atoms with E-state index in [0.717, 1.165) is 5.46 Å². The molecular weight excluding hydrogens is 267 g/mol. The van der Waals surface area contributed by atoms with Crippen molar-refractivity contribution in [1.29, 1.82) is 0 Å². The molecule has 0 bridgehead atoms. The van der Waals surface area contributed by atoms with Crippen LogP contribution in [0.25, 0.3) is 10.9 Å². The molecule has 2 heterocycles. The summed E-state index contributed by atoms with van der Waals surface area (Å²) in [5.41, 5.74) is 0.396. The van der Waals surface area contributed by atoms with Crippen molar-refractivity contribution < 1.29 is 17.2 Å². The SMILES string of the molecule is [2H]C([2H])(O)c1ccc(B2OC(C)(C)C(C)(C)O2)c2cn(C)nc12. The van der Waals surface area contributed by atoms with Gasteiger partial charge in [0.05, 0.1) is 26.0 Å². The van der Waals surface area contributed by atoms with Crippen LogP contribution in [0, 0.1) is 0 Å². The Hall–Kier alpha value is -1.37. The van der Waals surface area contributed by atoms with Gasteiger partial charge < -0.3 is 14.4 Å². The van der Waals surface area contributed by atoms with E-state index in [0.29, 0.717) is 10.9 Å². The second-order valence-corrected chi connectivity index (χ2v) is 6.47. The highest BCUT2D eigenvalue weighted by atomic mass is 16.7. The van der Waals surface area contributed by atoms with Gasteiger partial charge in [-0.1, -0.05) is 12.1 Å². The molecule has 1 aliphatic heterocycles. The number of aryl methyl sites for hydroxylation is 1. The monoisotopic (exact) mass is 290 g/mol. The topological polar surface area (TPSA) is 56.5 Å². The zero-order valence-electron chi connectivity index (χ0n) is 15.0. The number of rotatable bonds is 2. The number of fused-ring (bicyclic) bond motifs is 1. The highest BCUT2D eigenvalue weighted by Gasteiger charge is 2.52. The van der Waals surface area contributed by atoms with E-state index in [2.05, 4.69) is 5.10 Å². The first-order chi connectivity index (χ1) is 10.4. The van der Waals surface area contributed by atoms with E-state index in [-0.39, 0.29) is 5.56 Å². The van der Waals surface area contributed by atoms with Crippen molar-refractivity contribution in [3.05, 3.63) is 23.9 Å². The fraction of sp³-hybridized carbons (Fsp3) is 0.533. The van der Waals surface area contributed by atoms with Crippen molar-refractivity contribution in [3.63, 3.8) is 0 Å². The molecule has 6 heteroatoms. The molecule has 1 fully saturated rings. The Morgan fingerprint density at radius 1 is 1.29 bits per heavy atom. The molecule has 0 radical (unpaired) electrons. The van der Waals surface area contributed by atoms with Gasteiger partial charge in [0.1, 0.15) is 0 Å². The number of hydrogen-bond acceptors (Lipinski definition) is 4. The first-order valence-corrected chi connectivity index (χ1v) is 6.97. The summed E-state index contributed by atoms with van der Waals surface area (Å²) in [7, 11) is 1.19. The van der Waals surface area contributed by atoms with E-state index in [1.165, 1.54) is 6.07 Å². The first-order valence-electron chi connectivity index (χ1n) is 7.97. The van der Waals surface area contributed by atoms with E-state index >= 15 is 0 Å². The molecule has 0 amide bonds. The summed E-state index contributed by atoms with van der Waals surface area (Å²) in [4.78, 5) is 0. The molecule has 1 N–H and O–H groups in total. The van der Waals surface area contributed by atoms with Gasteiger partial charge in [0.15, 0.2) is 0 Å². The minimum Gasteiger partial charge on any atom is -0.399 e. The predicted octanol–water partition coefficient (Wildman–Crippen LogP) is 1.36. The number of aromatic nitrogens is 2. The lowest BCUT2D eigenvalue weighted by Gasteiger charge is -2.32. The van der Waals surface area contributed by atoms with E-state index < -0.39 is 24.9 Å². The van der Waals surface area contributed by atoms with Crippen LogP contribution in [-0.4, -0.2) is 33.2 Å². The third-order valence-electron chi connectivity index (χ3n) is 4.45. The van der Waals surface area contributed by atoms with Crippen LogP contribution in [0.1, 0.15) is 36.0 Å². The summed E-state index contributed by atoms with van der Waals surface area (Å²) < 4.78 is 28.9. The van der Waals surface area contributed by atoms with Gasteiger partial charge in [0.25, 0.3) is 0 Å². The first kappa shape index (κ1) is 12.2. The second kappa shape index (κ2) is 4.56. The van der Waals surface area contributed by atoms with E-state index in [4.69, 9.17) is 12.1 Å². The van der Waals surface area contributed by atoms with Crippen LogP contribution < -0.4 is 5.46 Å². The molecule has 1 aliphatic rings. The van der Waals surface area contributed by atoms with Gasteiger partial charge in [0.2, 0.25) is 0 Å². The summed E-state index contributed by atoms with van der Waals surface area (Å²) in [6.07, 6.45) is 1.78. The average molecular weight is 290 g/mol. The van der Waals surface area contributed by atoms with Crippen molar-refractivity contribution in [1.82, 2.24) is 9.78 Å². The Balaban J connectivity index is 2.14. The Morgan fingerprint density at radius 3 is 2.48 bits per heavy atom. The normalized spacial score (nSPS) is 22.5. The van der Waals surface area contributed by atoms with Crippen LogP contribution in [0.2, 0.25) is 0 Å². The molecule has 1 saturated heterocycles. The molecule has 5 nitrogen and oxygen atoms in total. The number of hydrogen-bond donors (Lipinski definition) is 1. The molecule has 1 aromatic carbocycles. The molecule has 0 unspecified atom stereocenters. The van der Waals surface area contributed by atoms with Crippen LogP contribution >= 0.6 is 0 Å². The van der Waals surface area contributed by atoms with Crippen molar-refractivity contribution >= 4 is 23.5 Å². The lowest BCUT2D eigenvalue weighted by atomic mass is 9.76. The maximum atomic E-state index is 9.74. The molecule has 2 aromatic rings. The van der Waals surface area contributed by atoms with Crippen LogP contribution in [0.4, 0.5) is 0 Å². The molecule has 0 atom stereocenters. The largest absolute Gasteiger partial charge is 0.495 e. The molecule has 0 saturated carbocycles. The molecule has 21 heavy (non-hydrogen) atoms. The summed E-state index contributed by atoms with van der Waals surface area (Å²) >= 11 is 0. The molecule has 0 spiro atoms. The Labute approximate surface area is 127 Å². The quantitative estimate of drug-likeness (QED) is 0.849. The molecular formula is C15H21BN2O3. The maximum absolute atomic E-state index is 9.74. The van der Waals surface area contributed by atoms with Crippen molar-refractivity contribution in [2.45, 2.75) is 45.5 Å². The lowest BCUT2D eigenvalue weighted by Crippen LogP contribution is -2.41. The van der Waals surface area contributed by atoms with Crippen LogP contribution in [0.15, 0.2) is 18.3 Å². The molecule has 1 aromatic heterocycles. The van der Waals surface area contributed by atoms with Gasteiger partial charge in [-0.2, -0.15) is 5.10 Å². The highest BCUT2D eigenvalue weighted by Crippen LogP contribution is 2.37. The van der Waals surface area contributed by atoms with Gasteiger partial charge in [-0.3, -0.25) is 4.68 Å². The fourth-order valence-corrected chi connectivity index (χ4v) is 2.51. The van der Waals surface area contributed by atoms with E-state index in [1.807, 2.05) is 27.7 Å². The third-order valence-corrected chi connectivity index (χ3v) is 4.45. The summed E-state index contributed by atoms with van der Waals surface area (Å²) in [5.74, 6) is 0. The van der Waals surface area contributed by atoms with E-state index in [9.17, 15) is 5.11 Å². The van der Waals surface area contributed by atoms with Crippen molar-refractivity contribution in [2.24, 2.45) is 7.05 Å².